The maximum Gasteiger partial charge on any atom is 0.134 e. The van der Waals surface area contributed by atoms with Gasteiger partial charge in [0.05, 0.1) is 4.90 Å². The van der Waals surface area contributed by atoms with Gasteiger partial charge < -0.3 is 4.74 Å². The van der Waals surface area contributed by atoms with E-state index in [4.69, 9.17) is 4.74 Å². The maximum atomic E-state index is 5.70. The molecule has 0 N–H and O–H groups in total. The lowest BCUT2D eigenvalue weighted by atomic mass is 10.2. The molecule has 4 heteroatoms. The SMILES string of the molecule is Sc1ccc(OCc2ccccc2)c(S)c1S. The predicted molar refractivity (Wildman–Crippen MR) is 79.0 cm³/mol. The lowest BCUT2D eigenvalue weighted by molar-refractivity contribution is 0.297. The Morgan fingerprint density at radius 1 is 0.824 bits per heavy atom. The molecule has 88 valence electrons. The first kappa shape index (κ1) is 12.7. The van der Waals surface area contributed by atoms with Gasteiger partial charge in [-0.05, 0) is 17.7 Å². The van der Waals surface area contributed by atoms with Crippen LogP contribution in [0.4, 0.5) is 0 Å². The monoisotopic (exact) mass is 280 g/mol. The molecule has 2 aromatic rings. The summed E-state index contributed by atoms with van der Waals surface area (Å²) in [5.74, 6) is 0.722. The van der Waals surface area contributed by atoms with Gasteiger partial charge in [-0.1, -0.05) is 30.3 Å². The molecule has 0 spiro atoms. The maximum absolute atomic E-state index is 5.70. The van der Waals surface area contributed by atoms with E-state index < -0.39 is 0 Å². The van der Waals surface area contributed by atoms with Crippen molar-refractivity contribution in [3.05, 3.63) is 48.0 Å². The van der Waals surface area contributed by atoms with E-state index in [0.29, 0.717) is 6.61 Å². The van der Waals surface area contributed by atoms with Crippen molar-refractivity contribution in [3.63, 3.8) is 0 Å². The van der Waals surface area contributed by atoms with Crippen LogP contribution in [-0.4, -0.2) is 0 Å². The summed E-state index contributed by atoms with van der Waals surface area (Å²) in [6, 6.07) is 13.7. The second-order valence-corrected chi connectivity index (χ2v) is 4.93. The van der Waals surface area contributed by atoms with Crippen LogP contribution in [0.3, 0.4) is 0 Å². The van der Waals surface area contributed by atoms with Gasteiger partial charge in [-0.25, -0.2) is 0 Å². The Morgan fingerprint density at radius 3 is 2.24 bits per heavy atom. The summed E-state index contributed by atoms with van der Waals surface area (Å²) >= 11 is 13.0. The van der Waals surface area contributed by atoms with E-state index in [2.05, 4.69) is 37.9 Å². The molecule has 1 nitrogen and oxygen atoms in total. The van der Waals surface area contributed by atoms with E-state index in [-0.39, 0.29) is 0 Å². The Balaban J connectivity index is 2.13. The molecule has 0 aliphatic rings. The fraction of sp³-hybridized carbons (Fsp3) is 0.0769. The number of hydrogen-bond donors (Lipinski definition) is 3. The minimum Gasteiger partial charge on any atom is -0.488 e. The second kappa shape index (κ2) is 5.76. The Morgan fingerprint density at radius 2 is 1.53 bits per heavy atom. The molecule has 0 fully saturated rings. The number of thiol groups is 3. The van der Waals surface area contributed by atoms with Gasteiger partial charge >= 0.3 is 0 Å². The van der Waals surface area contributed by atoms with Crippen molar-refractivity contribution in [2.75, 3.05) is 0 Å². The van der Waals surface area contributed by atoms with Crippen LogP contribution in [0, 0.1) is 0 Å². The molecule has 0 atom stereocenters. The van der Waals surface area contributed by atoms with Gasteiger partial charge in [0, 0.05) is 9.79 Å². The average Bonchev–Trinajstić information content (AvgIpc) is 2.36. The quantitative estimate of drug-likeness (QED) is 0.717. The first-order valence-electron chi connectivity index (χ1n) is 5.09. The summed E-state index contributed by atoms with van der Waals surface area (Å²) in [5, 5.41) is 0. The summed E-state index contributed by atoms with van der Waals surface area (Å²) in [5.41, 5.74) is 1.12. The summed E-state index contributed by atoms with van der Waals surface area (Å²) < 4.78 is 5.70. The second-order valence-electron chi connectivity index (χ2n) is 3.55. The highest BCUT2D eigenvalue weighted by atomic mass is 32.1. The molecule has 17 heavy (non-hydrogen) atoms. The van der Waals surface area contributed by atoms with Crippen LogP contribution in [0.1, 0.15) is 5.56 Å². The zero-order chi connectivity index (χ0) is 12.3. The van der Waals surface area contributed by atoms with Crippen LogP contribution < -0.4 is 4.74 Å². The fourth-order valence-electron chi connectivity index (χ4n) is 1.40. The summed E-state index contributed by atoms with van der Waals surface area (Å²) in [6.45, 7) is 0.521. The van der Waals surface area contributed by atoms with Crippen LogP contribution in [-0.2, 0) is 6.61 Å². The van der Waals surface area contributed by atoms with Crippen molar-refractivity contribution in [3.8, 4) is 5.75 Å². The molecule has 0 aliphatic carbocycles. The van der Waals surface area contributed by atoms with Crippen molar-refractivity contribution in [2.24, 2.45) is 0 Å². The highest BCUT2D eigenvalue weighted by Gasteiger charge is 2.06. The van der Waals surface area contributed by atoms with E-state index in [0.717, 1.165) is 26.0 Å². The van der Waals surface area contributed by atoms with Crippen LogP contribution in [0.15, 0.2) is 57.2 Å². The minimum absolute atomic E-state index is 0.521. The van der Waals surface area contributed by atoms with Crippen LogP contribution in [0.25, 0.3) is 0 Å². The third kappa shape index (κ3) is 3.15. The molecule has 0 saturated heterocycles. The largest absolute Gasteiger partial charge is 0.488 e. The van der Waals surface area contributed by atoms with Gasteiger partial charge in [0.15, 0.2) is 0 Å². The Bertz CT molecular complexity index is 512. The van der Waals surface area contributed by atoms with Gasteiger partial charge in [0.1, 0.15) is 12.4 Å². The zero-order valence-electron chi connectivity index (χ0n) is 9.00. The number of rotatable bonds is 3. The molecule has 0 bridgehead atoms. The van der Waals surface area contributed by atoms with Crippen molar-refractivity contribution < 1.29 is 4.74 Å². The molecule has 0 heterocycles. The molecule has 2 rings (SSSR count). The first-order chi connectivity index (χ1) is 8.18. The molecule has 0 amide bonds. The van der Waals surface area contributed by atoms with E-state index in [1.54, 1.807) is 0 Å². The first-order valence-corrected chi connectivity index (χ1v) is 6.43. The predicted octanol–water partition coefficient (Wildman–Crippen LogP) is 4.13. The highest BCUT2D eigenvalue weighted by molar-refractivity contribution is 7.85. The number of hydrogen-bond acceptors (Lipinski definition) is 4. The van der Waals surface area contributed by atoms with Crippen molar-refractivity contribution in [1.82, 2.24) is 0 Å². The van der Waals surface area contributed by atoms with Crippen LogP contribution in [0.2, 0.25) is 0 Å². The van der Waals surface area contributed by atoms with Crippen molar-refractivity contribution in [1.29, 1.82) is 0 Å². The molecular formula is C13H12OS3. The zero-order valence-corrected chi connectivity index (χ0v) is 11.7. The third-order valence-corrected chi connectivity index (χ3v) is 3.96. The van der Waals surface area contributed by atoms with Gasteiger partial charge in [0.2, 0.25) is 0 Å². The van der Waals surface area contributed by atoms with Gasteiger partial charge in [-0.15, -0.1) is 37.9 Å². The van der Waals surface area contributed by atoms with Gasteiger partial charge in [-0.2, -0.15) is 0 Å². The Labute approximate surface area is 117 Å². The molecule has 2 aromatic carbocycles. The summed E-state index contributed by atoms with van der Waals surface area (Å²) in [7, 11) is 0. The summed E-state index contributed by atoms with van der Waals surface area (Å²) in [6.07, 6.45) is 0. The number of ether oxygens (including phenoxy) is 1. The molecular weight excluding hydrogens is 268 g/mol. The number of benzene rings is 2. The van der Waals surface area contributed by atoms with E-state index in [9.17, 15) is 0 Å². The summed E-state index contributed by atoms with van der Waals surface area (Å²) in [4.78, 5) is 2.25. The fourth-order valence-corrected chi connectivity index (χ4v) is 2.12. The lowest BCUT2D eigenvalue weighted by Crippen LogP contribution is -1.96. The standard InChI is InChI=1S/C13H12OS3/c15-11-7-6-10(12(16)13(11)17)14-8-9-4-2-1-3-5-9/h1-7,15-17H,8H2. The van der Waals surface area contributed by atoms with Crippen molar-refractivity contribution in [2.45, 2.75) is 21.3 Å². The molecule has 0 radical (unpaired) electrons. The average molecular weight is 280 g/mol. The normalized spacial score (nSPS) is 10.3. The highest BCUT2D eigenvalue weighted by Crippen LogP contribution is 2.33. The van der Waals surface area contributed by atoms with E-state index in [1.807, 2.05) is 42.5 Å². The van der Waals surface area contributed by atoms with E-state index >= 15 is 0 Å². The van der Waals surface area contributed by atoms with Crippen LogP contribution in [0.5, 0.6) is 5.75 Å². The smallest absolute Gasteiger partial charge is 0.134 e. The van der Waals surface area contributed by atoms with E-state index in [1.165, 1.54) is 0 Å². The molecule has 0 aromatic heterocycles. The Kier molecular flexibility index (Phi) is 4.31. The van der Waals surface area contributed by atoms with Crippen molar-refractivity contribution >= 4 is 37.9 Å². The molecule has 0 saturated carbocycles. The third-order valence-electron chi connectivity index (χ3n) is 2.33. The molecule has 0 aliphatic heterocycles. The lowest BCUT2D eigenvalue weighted by Gasteiger charge is -2.11. The topological polar surface area (TPSA) is 9.23 Å². The minimum atomic E-state index is 0.521. The van der Waals surface area contributed by atoms with Crippen LogP contribution >= 0.6 is 37.9 Å². The Hall–Kier alpha value is -0.710. The molecule has 0 unspecified atom stereocenters. The van der Waals surface area contributed by atoms with Gasteiger partial charge in [-0.3, -0.25) is 0 Å². The van der Waals surface area contributed by atoms with Gasteiger partial charge in [0.25, 0.3) is 0 Å².